The van der Waals surface area contributed by atoms with Crippen LogP contribution in [0.2, 0.25) is 36.3 Å². The maximum atomic E-state index is 13.1. The molecular weight excluding hydrogens is 489 g/mol. The highest BCUT2D eigenvalue weighted by molar-refractivity contribution is 6.74. The Morgan fingerprint density at radius 3 is 2.03 bits per heavy atom. The summed E-state index contributed by atoms with van der Waals surface area (Å²) in [6, 6.07) is 9.02. The van der Waals surface area contributed by atoms with Gasteiger partial charge in [-0.3, -0.25) is 4.79 Å². The third-order valence-electron chi connectivity index (χ3n) is 9.33. The van der Waals surface area contributed by atoms with Crippen molar-refractivity contribution < 1.29 is 13.6 Å². The standard InChI is InChI=1S/C32H56O3Si2/c1-13-15-16-18-28(34-36(9,10)31(3,4)5)24-19-21-25(22-20-24)30-26(17-14-2)27(33)23-29(30)35-37(11,12)32(6,7)8/h14,19-22,26,28-30H,2,13,15-18,23H2,1,3-12H3/t26-,28?,29-,30?/m0/s1. The van der Waals surface area contributed by atoms with E-state index >= 15 is 0 Å². The van der Waals surface area contributed by atoms with Gasteiger partial charge in [0.15, 0.2) is 16.6 Å². The number of ketones is 1. The summed E-state index contributed by atoms with van der Waals surface area (Å²) in [5.74, 6) is 0.340. The average Bonchev–Trinajstić information content (AvgIpc) is 3.06. The summed E-state index contributed by atoms with van der Waals surface area (Å²) in [7, 11) is -3.92. The van der Waals surface area contributed by atoms with Crippen molar-refractivity contribution in [2.75, 3.05) is 0 Å². The van der Waals surface area contributed by atoms with Crippen LogP contribution in [0.15, 0.2) is 36.9 Å². The molecule has 3 nitrogen and oxygen atoms in total. The maximum Gasteiger partial charge on any atom is 0.192 e. The molecule has 210 valence electrons. The molecule has 0 N–H and O–H groups in total. The molecular formula is C32H56O3Si2. The normalized spacial score (nSPS) is 22.4. The smallest absolute Gasteiger partial charge is 0.192 e. The Bertz CT molecular complexity index is 890. The second-order valence-corrected chi connectivity index (χ2v) is 23.8. The highest BCUT2D eigenvalue weighted by Gasteiger charge is 2.48. The Kier molecular flexibility index (Phi) is 10.8. The fraction of sp³-hybridized carbons (Fsp3) is 0.719. The van der Waals surface area contributed by atoms with Gasteiger partial charge < -0.3 is 8.85 Å². The molecule has 1 aromatic rings. The lowest BCUT2D eigenvalue weighted by atomic mass is 9.84. The van der Waals surface area contributed by atoms with Crippen molar-refractivity contribution in [3.8, 4) is 0 Å². The largest absolute Gasteiger partial charge is 0.413 e. The van der Waals surface area contributed by atoms with Crippen LogP contribution in [0.4, 0.5) is 0 Å². The summed E-state index contributed by atoms with van der Waals surface area (Å²) in [5.41, 5.74) is 2.47. The second kappa shape index (κ2) is 12.4. The van der Waals surface area contributed by atoms with Crippen molar-refractivity contribution in [3.05, 3.63) is 48.0 Å². The fourth-order valence-electron chi connectivity index (χ4n) is 4.85. The van der Waals surface area contributed by atoms with E-state index in [9.17, 15) is 4.79 Å². The van der Waals surface area contributed by atoms with Crippen LogP contribution in [-0.4, -0.2) is 28.5 Å². The number of rotatable bonds is 12. The Balaban J connectivity index is 2.39. The fourth-order valence-corrected chi connectivity index (χ4v) is 7.51. The van der Waals surface area contributed by atoms with Crippen LogP contribution in [0.3, 0.4) is 0 Å². The number of carbonyl (C=O) groups excluding carboxylic acids is 1. The molecule has 1 aromatic carbocycles. The summed E-state index contributed by atoms with van der Waals surface area (Å²) < 4.78 is 13.8. The van der Waals surface area contributed by atoms with E-state index < -0.39 is 16.6 Å². The lowest BCUT2D eigenvalue weighted by Crippen LogP contribution is -2.44. The molecule has 0 bridgehead atoms. The van der Waals surface area contributed by atoms with E-state index in [1.165, 1.54) is 30.4 Å². The Hall–Kier alpha value is -1.02. The zero-order chi connectivity index (χ0) is 28.2. The molecule has 0 saturated heterocycles. The van der Waals surface area contributed by atoms with Crippen LogP contribution >= 0.6 is 0 Å². The van der Waals surface area contributed by atoms with Crippen molar-refractivity contribution in [1.82, 2.24) is 0 Å². The topological polar surface area (TPSA) is 35.5 Å². The highest BCUT2D eigenvalue weighted by atomic mass is 28.4. The second-order valence-electron chi connectivity index (χ2n) is 14.3. The Morgan fingerprint density at radius 1 is 0.973 bits per heavy atom. The van der Waals surface area contributed by atoms with Crippen molar-refractivity contribution in [1.29, 1.82) is 0 Å². The summed E-state index contributed by atoms with van der Waals surface area (Å²) in [6.07, 6.45) is 7.84. The van der Waals surface area contributed by atoms with Gasteiger partial charge in [0.05, 0.1) is 12.2 Å². The van der Waals surface area contributed by atoms with E-state index in [4.69, 9.17) is 8.85 Å². The van der Waals surface area contributed by atoms with Crippen molar-refractivity contribution in [2.45, 2.75) is 141 Å². The third-order valence-corrected chi connectivity index (χ3v) is 18.3. The average molecular weight is 545 g/mol. The third kappa shape index (κ3) is 8.00. The van der Waals surface area contributed by atoms with E-state index in [0.29, 0.717) is 18.6 Å². The van der Waals surface area contributed by atoms with Crippen LogP contribution < -0.4 is 0 Å². The molecule has 37 heavy (non-hydrogen) atoms. The molecule has 2 rings (SSSR count). The first kappa shape index (κ1) is 32.2. The van der Waals surface area contributed by atoms with Crippen molar-refractivity contribution in [3.63, 3.8) is 0 Å². The van der Waals surface area contributed by atoms with Crippen LogP contribution in [0.25, 0.3) is 0 Å². The molecule has 0 radical (unpaired) electrons. The van der Waals surface area contributed by atoms with Gasteiger partial charge in [-0.25, -0.2) is 0 Å². The molecule has 2 unspecified atom stereocenters. The first-order valence-corrected chi connectivity index (χ1v) is 20.4. The highest BCUT2D eigenvalue weighted by Crippen LogP contribution is 2.47. The van der Waals surface area contributed by atoms with Gasteiger partial charge in [-0.15, -0.1) is 6.58 Å². The van der Waals surface area contributed by atoms with Gasteiger partial charge in [-0.1, -0.05) is 98.1 Å². The zero-order valence-electron chi connectivity index (χ0n) is 25.9. The monoisotopic (exact) mass is 544 g/mol. The summed E-state index contributed by atoms with van der Waals surface area (Å²) in [4.78, 5) is 13.1. The SMILES string of the molecule is C=CC[C@H]1C(=O)C[C@H](O[Si](C)(C)C(C)(C)C)C1c1ccc(C(CCCCC)O[Si](C)(C)C(C)(C)C)cc1. The lowest BCUT2D eigenvalue weighted by Gasteiger charge is -2.40. The number of hydrogen-bond acceptors (Lipinski definition) is 3. The first-order valence-electron chi connectivity index (χ1n) is 14.5. The number of unbranched alkanes of at least 4 members (excludes halogenated alkanes) is 2. The van der Waals surface area contributed by atoms with Crippen molar-refractivity contribution >= 4 is 22.4 Å². The predicted octanol–water partition coefficient (Wildman–Crippen LogP) is 9.97. The van der Waals surface area contributed by atoms with E-state index in [1.807, 2.05) is 6.08 Å². The number of benzene rings is 1. The minimum absolute atomic E-state index is 0.0537. The van der Waals surface area contributed by atoms with Crippen LogP contribution in [0.5, 0.6) is 0 Å². The van der Waals surface area contributed by atoms with Gasteiger partial charge in [-0.05, 0) is 60.2 Å². The van der Waals surface area contributed by atoms with Gasteiger partial charge in [-0.2, -0.15) is 0 Å². The number of hydrogen-bond donors (Lipinski definition) is 0. The van der Waals surface area contributed by atoms with Crippen LogP contribution in [0, 0.1) is 5.92 Å². The van der Waals surface area contributed by atoms with Crippen LogP contribution in [0.1, 0.15) is 110 Å². The summed E-state index contributed by atoms with van der Waals surface area (Å²) in [5, 5.41) is 0.278. The quantitative estimate of drug-likeness (QED) is 0.149. The Morgan fingerprint density at radius 2 is 1.54 bits per heavy atom. The van der Waals surface area contributed by atoms with E-state index in [2.05, 4.69) is 105 Å². The molecule has 1 fully saturated rings. The zero-order valence-corrected chi connectivity index (χ0v) is 27.9. The maximum absolute atomic E-state index is 13.1. The molecule has 0 aliphatic heterocycles. The van der Waals surface area contributed by atoms with E-state index in [1.54, 1.807) is 0 Å². The number of Topliss-reactive ketones (excluding diaryl/α,β-unsaturated/α-hetero) is 1. The predicted molar refractivity (Wildman–Crippen MR) is 164 cm³/mol. The van der Waals surface area contributed by atoms with Crippen molar-refractivity contribution in [2.24, 2.45) is 5.92 Å². The molecule has 1 aliphatic carbocycles. The Labute approximate surface area is 231 Å². The summed E-state index contributed by atoms with van der Waals surface area (Å²) >= 11 is 0. The minimum atomic E-state index is -2.01. The van der Waals surface area contributed by atoms with Gasteiger partial charge in [0, 0.05) is 18.3 Å². The molecule has 4 atom stereocenters. The first-order chi connectivity index (χ1) is 16.9. The van der Waals surface area contributed by atoms with Gasteiger partial charge >= 0.3 is 0 Å². The molecule has 5 heteroatoms. The molecule has 0 heterocycles. The molecule has 1 saturated carbocycles. The molecule has 0 aromatic heterocycles. The van der Waals surface area contributed by atoms with Gasteiger partial charge in [0.2, 0.25) is 0 Å². The number of allylic oxidation sites excluding steroid dienone is 1. The molecule has 1 aliphatic rings. The van der Waals surface area contributed by atoms with E-state index in [-0.39, 0.29) is 34.1 Å². The summed E-state index contributed by atoms with van der Waals surface area (Å²) in [6.45, 7) is 29.2. The van der Waals surface area contributed by atoms with Crippen LogP contribution in [-0.2, 0) is 13.6 Å². The van der Waals surface area contributed by atoms with Gasteiger partial charge in [0.1, 0.15) is 5.78 Å². The lowest BCUT2D eigenvalue weighted by molar-refractivity contribution is -0.121. The molecule has 0 spiro atoms. The number of carbonyl (C=O) groups is 1. The minimum Gasteiger partial charge on any atom is -0.413 e. The van der Waals surface area contributed by atoms with E-state index in [0.717, 1.165) is 6.42 Å². The van der Waals surface area contributed by atoms with Gasteiger partial charge in [0.25, 0.3) is 0 Å². The molecule has 0 amide bonds.